The normalized spacial score (nSPS) is 11.2. The van der Waals surface area contributed by atoms with Gasteiger partial charge in [0.2, 0.25) is 0 Å². The fraction of sp³-hybridized carbons (Fsp3) is 0.268. The van der Waals surface area contributed by atoms with Crippen LogP contribution in [0, 0.1) is 43.1 Å². The minimum atomic E-state index is -0.266. The molecule has 1 aromatic heterocycles. The Morgan fingerprint density at radius 3 is 1.58 bits per heavy atom. The zero-order valence-corrected chi connectivity index (χ0v) is 31.7. The molecule has 0 fully saturated rings. The van der Waals surface area contributed by atoms with Crippen molar-refractivity contribution in [1.82, 2.24) is 9.55 Å². The van der Waals surface area contributed by atoms with Gasteiger partial charge in [-0.3, -0.25) is 0 Å². The van der Waals surface area contributed by atoms with Crippen LogP contribution in [0.4, 0.5) is 5.69 Å². The third-order valence-corrected chi connectivity index (χ3v) is 8.08. The van der Waals surface area contributed by atoms with Gasteiger partial charge in [-0.25, -0.2) is 4.98 Å². The molecule has 0 amide bonds. The number of benzene rings is 4. The molecule has 0 N–H and O–H groups in total. The van der Waals surface area contributed by atoms with E-state index in [1.165, 1.54) is 33.4 Å². The second kappa shape index (κ2) is 16.9. The molecule has 4 aromatic carbocycles. The Morgan fingerprint density at radius 2 is 1.11 bits per heavy atom. The Balaban J connectivity index is 0.00000253. The second-order valence-corrected chi connectivity index (χ2v) is 11.9. The van der Waals surface area contributed by atoms with E-state index >= 15 is 0 Å². The van der Waals surface area contributed by atoms with Crippen LogP contribution < -0.4 is 0 Å². The fourth-order valence-corrected chi connectivity index (χ4v) is 6.15. The average molecular weight is 677 g/mol. The van der Waals surface area contributed by atoms with Crippen LogP contribution in [0.5, 0.6) is 0 Å². The smallest absolute Gasteiger partial charge is 0.671 e. The first-order chi connectivity index (χ1) is 19.7. The molecule has 0 aliphatic carbocycles. The van der Waals surface area contributed by atoms with Crippen LogP contribution in [0.1, 0.15) is 84.8 Å². The Bertz CT molecular complexity index is 1600. The molecule has 0 bridgehead atoms. The molecule has 5 rings (SSSR count). The predicted octanol–water partition coefficient (Wildman–Crippen LogP) is 12.1. The summed E-state index contributed by atoms with van der Waals surface area (Å²) in [5.41, 5.74) is 13.0. The van der Waals surface area contributed by atoms with Crippen molar-refractivity contribution < 1.29 is 26.2 Å². The Kier molecular flexibility index (Phi) is 14.9. The number of aromatic nitrogens is 2. The topological polar surface area (TPSA) is 31.9 Å². The molecule has 0 aliphatic rings. The number of nitrogens with zero attached hydrogens (tertiary/aromatic N) is 3. The van der Waals surface area contributed by atoms with Gasteiger partial charge < -0.3 is 32.2 Å². The Labute approximate surface area is 293 Å². The predicted molar refractivity (Wildman–Crippen MR) is 193 cm³/mol. The number of hydrogen-bond acceptors (Lipinski definition) is 1. The van der Waals surface area contributed by atoms with Crippen molar-refractivity contribution in [1.29, 1.82) is 0 Å². The van der Waals surface area contributed by atoms with E-state index in [1.807, 2.05) is 0 Å². The summed E-state index contributed by atoms with van der Waals surface area (Å²) < 4.78 is 2.28. The maximum Gasteiger partial charge on any atom is 4.00 e. The van der Waals surface area contributed by atoms with Crippen LogP contribution in [-0.2, 0) is 33.3 Å². The van der Waals surface area contributed by atoms with Gasteiger partial charge in [-0.15, -0.1) is 5.69 Å². The SMILES string of the molecule is Cc1cc(C)c(C([N-]c2c(C(C)C)cccc2C(C)C)c2nc(-c3ccccc3)c(-c3ccccc3)n2C)c(C)c1.[CH3-].[CH3-].[CH3-].[Zr+4]. The van der Waals surface area contributed by atoms with E-state index < -0.39 is 0 Å². The van der Waals surface area contributed by atoms with E-state index in [9.17, 15) is 0 Å². The first-order valence-electron chi connectivity index (χ1n) is 14.8. The van der Waals surface area contributed by atoms with E-state index in [1.54, 1.807) is 0 Å². The Morgan fingerprint density at radius 1 is 0.644 bits per heavy atom. The van der Waals surface area contributed by atoms with Gasteiger partial charge >= 0.3 is 26.2 Å². The quantitative estimate of drug-likeness (QED) is 0.151. The summed E-state index contributed by atoms with van der Waals surface area (Å²) in [6.45, 7) is 15.6. The van der Waals surface area contributed by atoms with Crippen molar-refractivity contribution in [3.63, 3.8) is 0 Å². The van der Waals surface area contributed by atoms with Gasteiger partial charge in [0.15, 0.2) is 0 Å². The minimum absolute atomic E-state index is 0. The maximum absolute atomic E-state index is 5.71. The molecule has 45 heavy (non-hydrogen) atoms. The van der Waals surface area contributed by atoms with Gasteiger partial charge in [0.1, 0.15) is 0 Å². The van der Waals surface area contributed by atoms with Gasteiger partial charge in [0.05, 0.1) is 17.2 Å². The first-order valence-corrected chi connectivity index (χ1v) is 14.8. The van der Waals surface area contributed by atoms with E-state index in [4.69, 9.17) is 10.3 Å². The molecule has 234 valence electrons. The number of imidazole rings is 1. The third-order valence-electron chi connectivity index (χ3n) is 8.08. The third kappa shape index (κ3) is 8.14. The van der Waals surface area contributed by atoms with E-state index in [0.717, 1.165) is 34.0 Å². The second-order valence-electron chi connectivity index (χ2n) is 11.9. The van der Waals surface area contributed by atoms with Crippen molar-refractivity contribution >= 4 is 5.69 Å². The van der Waals surface area contributed by atoms with Gasteiger partial charge in [-0.05, 0) is 55.3 Å². The van der Waals surface area contributed by atoms with E-state index in [-0.39, 0.29) is 54.5 Å². The summed E-state index contributed by atoms with van der Waals surface area (Å²) in [7, 11) is 2.15. The molecule has 0 saturated carbocycles. The van der Waals surface area contributed by atoms with Crippen molar-refractivity contribution in [3.8, 4) is 22.5 Å². The molecular formula is C41H51N3Zr. The van der Waals surface area contributed by atoms with Crippen molar-refractivity contribution in [2.24, 2.45) is 7.05 Å². The van der Waals surface area contributed by atoms with Crippen LogP contribution >= 0.6 is 0 Å². The molecule has 1 atom stereocenters. The molecule has 0 saturated heterocycles. The number of hydrogen-bond donors (Lipinski definition) is 0. The number of aryl methyl sites for hydroxylation is 3. The number of para-hydroxylation sites is 1. The molecule has 0 radical (unpaired) electrons. The van der Waals surface area contributed by atoms with Crippen LogP contribution in [-0.4, -0.2) is 9.55 Å². The van der Waals surface area contributed by atoms with Gasteiger partial charge in [0.25, 0.3) is 0 Å². The van der Waals surface area contributed by atoms with Crippen LogP contribution in [0.3, 0.4) is 0 Å². The molecule has 0 spiro atoms. The first kappa shape index (κ1) is 39.8. The summed E-state index contributed by atoms with van der Waals surface area (Å²) >= 11 is 0. The zero-order valence-electron chi connectivity index (χ0n) is 29.2. The molecule has 0 aliphatic heterocycles. The fourth-order valence-electron chi connectivity index (χ4n) is 6.15. The van der Waals surface area contributed by atoms with Crippen LogP contribution in [0.2, 0.25) is 0 Å². The minimum Gasteiger partial charge on any atom is -0.671 e. The van der Waals surface area contributed by atoms with Gasteiger partial charge in [-0.1, -0.05) is 135 Å². The van der Waals surface area contributed by atoms with Crippen molar-refractivity contribution in [2.75, 3.05) is 0 Å². The molecule has 1 heterocycles. The van der Waals surface area contributed by atoms with Crippen LogP contribution in [0.25, 0.3) is 27.8 Å². The largest absolute Gasteiger partial charge is 4.00 e. The molecular weight excluding hydrogens is 626 g/mol. The summed E-state index contributed by atoms with van der Waals surface area (Å²) in [4.78, 5) is 5.45. The molecule has 3 nitrogen and oxygen atoms in total. The molecule has 4 heteroatoms. The zero-order chi connectivity index (χ0) is 29.3. The van der Waals surface area contributed by atoms with Gasteiger partial charge in [-0.2, -0.15) is 0 Å². The molecule has 1 unspecified atom stereocenters. The van der Waals surface area contributed by atoms with E-state index in [2.05, 4.69) is 151 Å². The van der Waals surface area contributed by atoms with Crippen molar-refractivity contribution in [2.45, 2.75) is 66.3 Å². The standard InChI is InChI=1S/C38H42N3.3CH3.Zr/c1-24(2)31-20-15-21-32(25(3)4)35(31)39-36(33-27(6)22-26(5)23-28(33)7)38-40-34(29-16-11-9-12-17-29)37(41(38)8)30-18-13-10-14-19-30;;;;/h9-25,36H,1-8H3;3*1H3;/q4*-1;+4. The van der Waals surface area contributed by atoms with Gasteiger partial charge in [0, 0.05) is 18.2 Å². The summed E-state index contributed by atoms with van der Waals surface area (Å²) in [5, 5.41) is 5.71. The van der Waals surface area contributed by atoms with Crippen LogP contribution in [0.15, 0.2) is 91.0 Å². The van der Waals surface area contributed by atoms with Crippen molar-refractivity contribution in [3.05, 3.63) is 158 Å². The Hall–Kier alpha value is -3.23. The molecule has 5 aromatic rings. The summed E-state index contributed by atoms with van der Waals surface area (Å²) in [5.74, 6) is 1.66. The average Bonchev–Trinajstić information content (AvgIpc) is 3.29. The summed E-state index contributed by atoms with van der Waals surface area (Å²) in [6, 6.07) is 32.1. The monoisotopic (exact) mass is 675 g/mol. The number of rotatable bonds is 8. The maximum atomic E-state index is 5.71. The van der Waals surface area contributed by atoms with E-state index in [0.29, 0.717) is 11.8 Å². The summed E-state index contributed by atoms with van der Waals surface area (Å²) in [6.07, 6.45) is 0.